The van der Waals surface area contributed by atoms with Crippen molar-refractivity contribution in [1.82, 2.24) is 10.5 Å². The molecule has 0 bridgehead atoms. The average molecular weight is 377 g/mol. The third kappa shape index (κ3) is 3.24. The van der Waals surface area contributed by atoms with E-state index in [9.17, 15) is 4.79 Å². The van der Waals surface area contributed by atoms with E-state index >= 15 is 0 Å². The normalized spacial score (nSPS) is 17.1. The first-order valence-corrected chi connectivity index (χ1v) is 9.83. The summed E-state index contributed by atoms with van der Waals surface area (Å²) in [6.45, 7) is 5.08. The van der Waals surface area contributed by atoms with E-state index in [-0.39, 0.29) is 5.91 Å². The number of carbonyl (C=O) groups excluding carboxylic acids is 1. The summed E-state index contributed by atoms with van der Waals surface area (Å²) in [4.78, 5) is 14.6. The molecule has 3 aromatic rings. The van der Waals surface area contributed by atoms with Crippen LogP contribution in [0.25, 0.3) is 22.0 Å². The van der Waals surface area contributed by atoms with Gasteiger partial charge in [0.2, 0.25) is 5.88 Å². The number of hydrogen-bond donors (Lipinski definition) is 1. The maximum atomic E-state index is 12.4. The fraction of sp³-hybridized carbons (Fsp3) is 0.364. The number of benzene rings is 2. The lowest BCUT2D eigenvalue weighted by molar-refractivity contribution is 0.0951. The molecule has 1 aliphatic heterocycles. The molecule has 28 heavy (non-hydrogen) atoms. The maximum Gasteiger partial charge on any atom is 0.251 e. The van der Waals surface area contributed by atoms with Gasteiger partial charge in [0, 0.05) is 24.7 Å². The highest BCUT2D eigenvalue weighted by molar-refractivity contribution is 5.97. The molecule has 2 heterocycles. The van der Waals surface area contributed by atoms with E-state index < -0.39 is 0 Å². The number of ether oxygens (including phenoxy) is 1. The Morgan fingerprint density at radius 3 is 2.75 bits per heavy atom. The molecule has 1 amide bonds. The van der Waals surface area contributed by atoms with E-state index in [0.29, 0.717) is 24.8 Å². The van der Waals surface area contributed by atoms with Crippen LogP contribution in [0.15, 0.2) is 40.9 Å². The fourth-order valence-corrected chi connectivity index (χ4v) is 3.66. The van der Waals surface area contributed by atoms with E-state index in [1.165, 1.54) is 0 Å². The summed E-state index contributed by atoms with van der Waals surface area (Å²) in [5.74, 6) is 0.806. The summed E-state index contributed by atoms with van der Waals surface area (Å²) in [6.07, 6.45) is 2.16. The third-order valence-electron chi connectivity index (χ3n) is 5.48. The highest BCUT2D eigenvalue weighted by Gasteiger charge is 2.24. The van der Waals surface area contributed by atoms with E-state index in [4.69, 9.17) is 9.26 Å². The molecule has 2 fully saturated rings. The van der Waals surface area contributed by atoms with Crippen LogP contribution in [0, 0.1) is 6.92 Å². The quantitative estimate of drug-likeness (QED) is 0.753. The standard InChI is InChI=1S/C22H23N3O3/c1-14-2-3-16(21(26)23-17-5-6-17)12-19(14)15-4-7-18-20(13-15)24-28-22(18)25-8-10-27-11-9-25/h2-4,7,12-13,17H,5-6,8-11H2,1H3,(H,23,26). The largest absolute Gasteiger partial charge is 0.378 e. The zero-order chi connectivity index (χ0) is 19.1. The molecule has 5 rings (SSSR count). The van der Waals surface area contributed by atoms with Crippen LogP contribution in [0.5, 0.6) is 0 Å². The lowest BCUT2D eigenvalue weighted by Gasteiger charge is -2.25. The van der Waals surface area contributed by atoms with Crippen molar-refractivity contribution in [2.75, 3.05) is 31.2 Å². The highest BCUT2D eigenvalue weighted by atomic mass is 16.5. The molecule has 1 saturated heterocycles. The van der Waals surface area contributed by atoms with Gasteiger partial charge in [-0.25, -0.2) is 0 Å². The van der Waals surface area contributed by atoms with Gasteiger partial charge in [0.05, 0.1) is 18.6 Å². The zero-order valence-electron chi connectivity index (χ0n) is 15.9. The maximum absolute atomic E-state index is 12.4. The van der Waals surface area contributed by atoms with Crippen LogP contribution < -0.4 is 10.2 Å². The summed E-state index contributed by atoms with van der Waals surface area (Å²) < 4.78 is 11.1. The number of hydrogen-bond acceptors (Lipinski definition) is 5. The average Bonchev–Trinajstić information content (AvgIpc) is 3.44. The van der Waals surface area contributed by atoms with E-state index in [2.05, 4.69) is 34.4 Å². The van der Waals surface area contributed by atoms with Crippen molar-refractivity contribution in [1.29, 1.82) is 0 Å². The molecule has 1 saturated carbocycles. The molecule has 0 atom stereocenters. The number of nitrogens with zero attached hydrogens (tertiary/aromatic N) is 2. The predicted molar refractivity (Wildman–Crippen MR) is 108 cm³/mol. The Labute approximate surface area is 163 Å². The van der Waals surface area contributed by atoms with Gasteiger partial charge in [-0.2, -0.15) is 0 Å². The predicted octanol–water partition coefficient (Wildman–Crippen LogP) is 3.53. The smallest absolute Gasteiger partial charge is 0.251 e. The van der Waals surface area contributed by atoms with Crippen LogP contribution in [0.3, 0.4) is 0 Å². The Balaban J connectivity index is 1.48. The molecule has 0 spiro atoms. The van der Waals surface area contributed by atoms with Crippen LogP contribution in [-0.2, 0) is 4.74 Å². The first-order valence-electron chi connectivity index (χ1n) is 9.83. The number of morpholine rings is 1. The Morgan fingerprint density at radius 2 is 1.96 bits per heavy atom. The van der Waals surface area contributed by atoms with Gasteiger partial charge in [-0.05, 0) is 60.7 Å². The molecule has 0 radical (unpaired) electrons. The summed E-state index contributed by atoms with van der Waals surface area (Å²) in [7, 11) is 0. The number of fused-ring (bicyclic) bond motifs is 1. The molecule has 2 aliphatic rings. The van der Waals surface area contributed by atoms with Crippen molar-refractivity contribution in [3.8, 4) is 11.1 Å². The zero-order valence-corrected chi connectivity index (χ0v) is 15.9. The number of nitrogens with one attached hydrogen (secondary N) is 1. The number of anilines is 1. The lowest BCUT2D eigenvalue weighted by atomic mass is 9.97. The summed E-state index contributed by atoms with van der Waals surface area (Å²) in [5, 5.41) is 8.34. The Bertz CT molecular complexity index is 1030. The van der Waals surface area contributed by atoms with Crippen LogP contribution in [-0.4, -0.2) is 43.4 Å². The Hall–Kier alpha value is -2.86. The van der Waals surface area contributed by atoms with Gasteiger partial charge in [0.1, 0.15) is 5.52 Å². The lowest BCUT2D eigenvalue weighted by Crippen LogP contribution is -2.36. The molecular weight excluding hydrogens is 354 g/mol. The van der Waals surface area contributed by atoms with Crippen molar-refractivity contribution < 1.29 is 14.1 Å². The molecular formula is C22H23N3O3. The fourth-order valence-electron chi connectivity index (χ4n) is 3.66. The van der Waals surface area contributed by atoms with Gasteiger partial charge >= 0.3 is 0 Å². The second-order valence-corrected chi connectivity index (χ2v) is 7.60. The molecule has 2 aromatic carbocycles. The first-order chi connectivity index (χ1) is 13.7. The molecule has 1 aromatic heterocycles. The van der Waals surface area contributed by atoms with Crippen LogP contribution in [0.1, 0.15) is 28.8 Å². The van der Waals surface area contributed by atoms with E-state index in [0.717, 1.165) is 59.4 Å². The second kappa shape index (κ2) is 6.95. The van der Waals surface area contributed by atoms with Gasteiger partial charge in [0.15, 0.2) is 0 Å². The summed E-state index contributed by atoms with van der Waals surface area (Å²) >= 11 is 0. The third-order valence-corrected chi connectivity index (χ3v) is 5.48. The molecule has 1 N–H and O–H groups in total. The molecule has 144 valence electrons. The number of rotatable bonds is 4. The summed E-state index contributed by atoms with van der Waals surface area (Å²) in [5.41, 5.74) is 4.72. The van der Waals surface area contributed by atoms with Crippen molar-refractivity contribution >= 4 is 22.7 Å². The van der Waals surface area contributed by atoms with E-state index in [1.807, 2.05) is 24.3 Å². The number of amides is 1. The first kappa shape index (κ1) is 17.3. The number of carbonyl (C=O) groups is 1. The topological polar surface area (TPSA) is 67.6 Å². The number of aryl methyl sites for hydroxylation is 1. The van der Waals surface area contributed by atoms with Crippen molar-refractivity contribution in [3.05, 3.63) is 47.5 Å². The molecule has 0 unspecified atom stereocenters. The molecule has 6 nitrogen and oxygen atoms in total. The highest BCUT2D eigenvalue weighted by Crippen LogP contribution is 2.32. The minimum Gasteiger partial charge on any atom is -0.378 e. The molecule has 1 aliphatic carbocycles. The van der Waals surface area contributed by atoms with Gasteiger partial charge < -0.3 is 19.5 Å². The molecule has 6 heteroatoms. The minimum atomic E-state index is 0.000804. The SMILES string of the molecule is Cc1ccc(C(=O)NC2CC2)cc1-c1ccc2c(N3CCOCC3)onc2c1. The number of aromatic nitrogens is 1. The van der Waals surface area contributed by atoms with Crippen LogP contribution >= 0.6 is 0 Å². The van der Waals surface area contributed by atoms with Gasteiger partial charge in [-0.1, -0.05) is 17.3 Å². The van der Waals surface area contributed by atoms with Crippen molar-refractivity contribution in [2.45, 2.75) is 25.8 Å². The van der Waals surface area contributed by atoms with Gasteiger partial charge in [0.25, 0.3) is 5.91 Å². The Morgan fingerprint density at radius 1 is 1.14 bits per heavy atom. The van der Waals surface area contributed by atoms with Crippen molar-refractivity contribution in [3.63, 3.8) is 0 Å². The second-order valence-electron chi connectivity index (χ2n) is 7.60. The van der Waals surface area contributed by atoms with Crippen LogP contribution in [0.2, 0.25) is 0 Å². The Kier molecular flexibility index (Phi) is 4.28. The van der Waals surface area contributed by atoms with Gasteiger partial charge in [-0.15, -0.1) is 0 Å². The van der Waals surface area contributed by atoms with Crippen molar-refractivity contribution in [2.24, 2.45) is 0 Å². The monoisotopic (exact) mass is 377 g/mol. The van der Waals surface area contributed by atoms with Crippen LogP contribution in [0.4, 0.5) is 5.88 Å². The summed E-state index contributed by atoms with van der Waals surface area (Å²) in [6, 6.07) is 12.4. The minimum absolute atomic E-state index is 0.000804. The van der Waals surface area contributed by atoms with E-state index in [1.54, 1.807) is 0 Å². The van der Waals surface area contributed by atoms with Gasteiger partial charge in [-0.3, -0.25) is 4.79 Å².